The normalized spacial score (nSPS) is 21.8. The van der Waals surface area contributed by atoms with E-state index in [0.717, 1.165) is 44.6 Å². The van der Waals surface area contributed by atoms with E-state index in [9.17, 15) is 13.2 Å². The van der Waals surface area contributed by atoms with Crippen LogP contribution in [0.25, 0.3) is 0 Å². The molecular weight excluding hydrogens is 406 g/mol. The third kappa shape index (κ3) is 5.40. The molecule has 0 aliphatic carbocycles. The molecule has 1 atom stereocenters. The van der Waals surface area contributed by atoms with Gasteiger partial charge in [-0.2, -0.15) is 5.10 Å². The molecule has 2 saturated heterocycles. The molecule has 3 heterocycles. The Morgan fingerprint density at radius 2 is 1.93 bits per heavy atom. The summed E-state index contributed by atoms with van der Waals surface area (Å²) in [6.45, 7) is 5.77. The molecule has 0 N–H and O–H groups in total. The van der Waals surface area contributed by atoms with Crippen molar-refractivity contribution in [3.8, 4) is 0 Å². The molecule has 0 saturated carbocycles. The molecule has 170 valence electrons. The fraction of sp³-hybridized carbons (Fsp3) is 0.800. The molecule has 1 amide bonds. The third-order valence-electron chi connectivity index (χ3n) is 6.46. The van der Waals surface area contributed by atoms with Crippen LogP contribution in [0.5, 0.6) is 0 Å². The molecule has 1 aromatic heterocycles. The average molecular weight is 442 g/mol. The number of ether oxygens (including phenoxy) is 1. The van der Waals surface area contributed by atoms with Gasteiger partial charge in [-0.05, 0) is 32.6 Å². The van der Waals surface area contributed by atoms with Crippen molar-refractivity contribution in [1.29, 1.82) is 0 Å². The number of aromatic nitrogens is 2. The zero-order valence-corrected chi connectivity index (χ0v) is 19.4. The number of carbonyl (C=O) groups excluding carboxylic acids is 1. The number of hydrogen-bond donors (Lipinski definition) is 0. The Balaban J connectivity index is 1.69. The summed E-state index contributed by atoms with van der Waals surface area (Å²) in [4.78, 5) is 17.0. The summed E-state index contributed by atoms with van der Waals surface area (Å²) >= 11 is 0. The number of carbonyl (C=O) groups is 1. The van der Waals surface area contributed by atoms with Gasteiger partial charge < -0.3 is 9.64 Å². The van der Waals surface area contributed by atoms with E-state index in [1.807, 2.05) is 21.0 Å². The van der Waals surface area contributed by atoms with E-state index in [1.54, 1.807) is 20.1 Å². The van der Waals surface area contributed by atoms with Gasteiger partial charge in [-0.15, -0.1) is 0 Å². The Kier molecular flexibility index (Phi) is 7.54. The first-order chi connectivity index (χ1) is 14.2. The molecule has 9 nitrogen and oxygen atoms in total. The molecule has 30 heavy (non-hydrogen) atoms. The van der Waals surface area contributed by atoms with Crippen molar-refractivity contribution in [2.45, 2.75) is 44.7 Å². The second-order valence-electron chi connectivity index (χ2n) is 8.49. The van der Waals surface area contributed by atoms with Crippen LogP contribution in [-0.2, 0) is 21.8 Å². The van der Waals surface area contributed by atoms with Gasteiger partial charge in [-0.1, -0.05) is 0 Å². The lowest BCUT2D eigenvalue weighted by atomic mass is 9.99. The first kappa shape index (κ1) is 23.2. The monoisotopic (exact) mass is 441 g/mol. The maximum absolute atomic E-state index is 12.9. The van der Waals surface area contributed by atoms with Crippen LogP contribution < -0.4 is 0 Å². The lowest BCUT2D eigenvalue weighted by molar-refractivity contribution is 0.00319. The van der Waals surface area contributed by atoms with Gasteiger partial charge in [0.25, 0.3) is 5.91 Å². The fourth-order valence-corrected chi connectivity index (χ4v) is 5.36. The minimum Gasteiger partial charge on any atom is -0.381 e. The second-order valence-corrected chi connectivity index (χ2v) is 10.5. The van der Waals surface area contributed by atoms with Gasteiger partial charge >= 0.3 is 0 Å². The molecule has 2 fully saturated rings. The first-order valence-corrected chi connectivity index (χ1v) is 12.6. The van der Waals surface area contributed by atoms with E-state index < -0.39 is 10.0 Å². The number of amides is 1. The Bertz CT molecular complexity index is 834. The number of nitrogens with zero attached hydrogens (tertiary/aromatic N) is 5. The summed E-state index contributed by atoms with van der Waals surface area (Å²) in [6, 6.07) is 0.520. The number of likely N-dealkylation sites (N-methyl/N-ethyl adjacent to an activating group) is 1. The van der Waals surface area contributed by atoms with Crippen molar-refractivity contribution < 1.29 is 17.9 Å². The Morgan fingerprint density at radius 1 is 1.23 bits per heavy atom. The van der Waals surface area contributed by atoms with E-state index in [1.165, 1.54) is 6.26 Å². The molecular formula is C20H35N5O4S. The SMILES string of the molecule is Cc1c(C(=O)N(C)CCN(C2CCOCC2)C2CCCN(S(C)(=O)=O)C2)cnn1C. The molecule has 3 rings (SSSR count). The fourth-order valence-electron chi connectivity index (χ4n) is 4.45. The van der Waals surface area contributed by atoms with Crippen LogP contribution in [0.2, 0.25) is 0 Å². The van der Waals surface area contributed by atoms with E-state index >= 15 is 0 Å². The predicted molar refractivity (Wildman–Crippen MR) is 115 cm³/mol. The lowest BCUT2D eigenvalue weighted by Gasteiger charge is -2.44. The van der Waals surface area contributed by atoms with Crippen LogP contribution in [0.4, 0.5) is 0 Å². The number of hydrogen-bond acceptors (Lipinski definition) is 6. The van der Waals surface area contributed by atoms with E-state index in [-0.39, 0.29) is 11.9 Å². The van der Waals surface area contributed by atoms with E-state index in [2.05, 4.69) is 10.00 Å². The number of aryl methyl sites for hydroxylation is 1. The van der Waals surface area contributed by atoms with Gasteiger partial charge in [0.15, 0.2) is 0 Å². The van der Waals surface area contributed by atoms with Gasteiger partial charge in [-0.3, -0.25) is 14.4 Å². The van der Waals surface area contributed by atoms with Gasteiger partial charge in [0.1, 0.15) is 0 Å². The quantitative estimate of drug-likeness (QED) is 0.619. The van der Waals surface area contributed by atoms with Gasteiger partial charge in [0.05, 0.1) is 18.0 Å². The molecule has 0 spiro atoms. The summed E-state index contributed by atoms with van der Waals surface area (Å²) in [5.74, 6) is -0.0334. The summed E-state index contributed by atoms with van der Waals surface area (Å²) in [5, 5.41) is 4.18. The van der Waals surface area contributed by atoms with E-state index in [0.29, 0.717) is 37.8 Å². The highest BCUT2D eigenvalue weighted by atomic mass is 32.2. The molecule has 1 aromatic rings. The minimum absolute atomic E-state index is 0.0334. The molecule has 10 heteroatoms. The highest BCUT2D eigenvalue weighted by Crippen LogP contribution is 2.24. The maximum atomic E-state index is 12.9. The van der Waals surface area contributed by atoms with Gasteiger partial charge in [-0.25, -0.2) is 12.7 Å². The summed E-state index contributed by atoms with van der Waals surface area (Å²) in [6.07, 6.45) is 6.62. The smallest absolute Gasteiger partial charge is 0.257 e. The zero-order chi connectivity index (χ0) is 21.9. The standard InChI is InChI=1S/C20H35N5O4S/c1-16-19(14-21-23(16)3)20(26)22(2)10-11-25(17-7-12-29-13-8-17)18-6-5-9-24(15-18)30(4,27)28/h14,17-18H,5-13,15H2,1-4H3. The zero-order valence-electron chi connectivity index (χ0n) is 18.6. The molecule has 0 aromatic carbocycles. The van der Waals surface area contributed by atoms with Gasteiger partial charge in [0, 0.05) is 71.3 Å². The number of rotatable bonds is 7. The topological polar surface area (TPSA) is 88.0 Å². The van der Waals surface area contributed by atoms with Crippen LogP contribution in [0.3, 0.4) is 0 Å². The Morgan fingerprint density at radius 3 is 2.53 bits per heavy atom. The van der Waals surface area contributed by atoms with Crippen molar-refractivity contribution in [1.82, 2.24) is 23.9 Å². The maximum Gasteiger partial charge on any atom is 0.257 e. The van der Waals surface area contributed by atoms with Crippen LogP contribution >= 0.6 is 0 Å². The van der Waals surface area contributed by atoms with E-state index in [4.69, 9.17) is 4.74 Å². The summed E-state index contributed by atoms with van der Waals surface area (Å²) in [5.41, 5.74) is 1.47. The Labute approximate surface area is 180 Å². The highest BCUT2D eigenvalue weighted by molar-refractivity contribution is 7.88. The van der Waals surface area contributed by atoms with Crippen molar-refractivity contribution in [3.05, 3.63) is 17.5 Å². The summed E-state index contributed by atoms with van der Waals surface area (Å²) in [7, 11) is 0.451. The van der Waals surface area contributed by atoms with Crippen molar-refractivity contribution >= 4 is 15.9 Å². The largest absolute Gasteiger partial charge is 0.381 e. The van der Waals surface area contributed by atoms with Crippen LogP contribution in [-0.4, -0.2) is 103 Å². The minimum atomic E-state index is -3.20. The Hall–Kier alpha value is -1.49. The van der Waals surface area contributed by atoms with Crippen molar-refractivity contribution in [2.75, 3.05) is 52.7 Å². The summed E-state index contributed by atoms with van der Waals surface area (Å²) < 4.78 is 33.1. The van der Waals surface area contributed by atoms with Crippen molar-refractivity contribution in [3.63, 3.8) is 0 Å². The third-order valence-corrected chi connectivity index (χ3v) is 7.73. The molecule has 1 unspecified atom stereocenters. The van der Waals surface area contributed by atoms with Gasteiger partial charge in [0.2, 0.25) is 10.0 Å². The van der Waals surface area contributed by atoms with Crippen molar-refractivity contribution in [2.24, 2.45) is 7.05 Å². The van der Waals surface area contributed by atoms with Crippen LogP contribution in [0.15, 0.2) is 6.20 Å². The van der Waals surface area contributed by atoms with Crippen LogP contribution in [0, 0.1) is 6.92 Å². The number of piperidine rings is 1. The molecule has 2 aliphatic rings. The predicted octanol–water partition coefficient (Wildman–Crippen LogP) is 0.706. The second kappa shape index (κ2) is 9.76. The lowest BCUT2D eigenvalue weighted by Crippen LogP contribution is -2.55. The van der Waals surface area contributed by atoms with Crippen LogP contribution in [0.1, 0.15) is 41.7 Å². The molecule has 0 bridgehead atoms. The number of sulfonamides is 1. The average Bonchev–Trinajstić information content (AvgIpc) is 3.06. The molecule has 2 aliphatic heterocycles. The first-order valence-electron chi connectivity index (χ1n) is 10.7. The molecule has 0 radical (unpaired) electrons. The highest BCUT2D eigenvalue weighted by Gasteiger charge is 2.34.